The average Bonchev–Trinajstić information content (AvgIpc) is 3.30. The van der Waals surface area contributed by atoms with Crippen molar-refractivity contribution in [1.82, 2.24) is 26.2 Å². The Morgan fingerprint density at radius 3 is 1.34 bits per heavy atom. The molecule has 1 heterocycles. The lowest BCUT2D eigenvalue weighted by atomic mass is 10.1. The molecule has 1 fully saturated rings. The molecule has 0 saturated carbocycles. The van der Waals surface area contributed by atoms with E-state index in [0.717, 1.165) is 69.0 Å². The van der Waals surface area contributed by atoms with Gasteiger partial charge in [-0.2, -0.15) is 0 Å². The first kappa shape index (κ1) is 59.3. The summed E-state index contributed by atoms with van der Waals surface area (Å²) >= 11 is 0. The first-order chi connectivity index (χ1) is 32.3. The Labute approximate surface area is 397 Å². The molecular formula is C49H78N8O10. The van der Waals surface area contributed by atoms with E-state index in [4.69, 9.17) is 15.2 Å². The quantitative estimate of drug-likeness (QED) is 0.0415. The van der Waals surface area contributed by atoms with Gasteiger partial charge in [0.1, 0.15) is 26.4 Å². The Morgan fingerprint density at radius 1 is 0.507 bits per heavy atom. The third-order valence-corrected chi connectivity index (χ3v) is 9.82. The summed E-state index contributed by atoms with van der Waals surface area (Å²) in [7, 11) is 0. The highest BCUT2D eigenvalue weighted by Crippen LogP contribution is 2.15. The molecule has 8 N–H and O–H groups in total. The van der Waals surface area contributed by atoms with Crippen LogP contribution in [0.4, 0.5) is 11.4 Å². The molecule has 0 bridgehead atoms. The number of hydrogen-bond donors (Lipinski definition) is 7. The third kappa shape index (κ3) is 31.0. The van der Waals surface area contributed by atoms with Crippen LogP contribution < -0.4 is 37.6 Å². The summed E-state index contributed by atoms with van der Waals surface area (Å²) in [5.74, 6) is -1.80. The lowest BCUT2D eigenvalue weighted by molar-refractivity contribution is -0.152. The summed E-state index contributed by atoms with van der Waals surface area (Å²) in [6.45, 7) is 11.2. The Hall–Kier alpha value is -5.72. The maximum Gasteiger partial charge on any atom is 0.250 e. The summed E-state index contributed by atoms with van der Waals surface area (Å²) in [6.07, 6.45) is 12.9. The molecule has 1 saturated heterocycles. The van der Waals surface area contributed by atoms with Crippen LogP contribution in [0.3, 0.4) is 0 Å². The van der Waals surface area contributed by atoms with E-state index >= 15 is 0 Å². The molecule has 1 aliphatic heterocycles. The summed E-state index contributed by atoms with van der Waals surface area (Å²) < 4.78 is 10.2. The Kier molecular flexibility index (Phi) is 34.0. The van der Waals surface area contributed by atoms with Crippen LogP contribution in [0.1, 0.15) is 122 Å². The van der Waals surface area contributed by atoms with Crippen LogP contribution in [-0.2, 0) is 60.7 Å². The normalized spacial score (nSPS) is 11.4. The van der Waals surface area contributed by atoms with E-state index in [1.807, 2.05) is 6.92 Å². The molecular weight excluding hydrogens is 861 g/mol. The van der Waals surface area contributed by atoms with E-state index < -0.39 is 0 Å². The van der Waals surface area contributed by atoms with Gasteiger partial charge in [0.05, 0.1) is 12.8 Å². The number of amides is 8. The number of carbonyl (C=O) groups is 8. The number of unbranched alkanes of at least 4 members (excludes halogenated alkanes) is 7. The van der Waals surface area contributed by atoms with E-state index in [-0.39, 0.29) is 92.9 Å². The van der Waals surface area contributed by atoms with Gasteiger partial charge in [0.2, 0.25) is 47.3 Å². The minimum absolute atomic E-state index is 0.0624. The Bertz CT molecular complexity index is 1750. The molecule has 2 aromatic carbocycles. The van der Waals surface area contributed by atoms with Gasteiger partial charge >= 0.3 is 0 Å². The zero-order valence-corrected chi connectivity index (χ0v) is 40.4. The van der Waals surface area contributed by atoms with Gasteiger partial charge in [-0.1, -0.05) is 96.9 Å². The van der Waals surface area contributed by atoms with Crippen molar-refractivity contribution in [3.63, 3.8) is 0 Å². The van der Waals surface area contributed by atoms with E-state index in [1.54, 1.807) is 48.5 Å². The zero-order valence-electron chi connectivity index (χ0n) is 40.4. The minimum Gasteiger partial charge on any atom is -0.362 e. The average molecular weight is 939 g/mol. The number of nitrogens with zero attached hydrogens (tertiary/aromatic N) is 1. The van der Waals surface area contributed by atoms with Crippen molar-refractivity contribution in [3.8, 4) is 0 Å². The number of nitrogens with two attached hydrogens (primary N) is 1. The fraction of sp³-hybridized carbons (Fsp3) is 0.592. The molecule has 0 aliphatic carbocycles. The molecule has 0 aromatic heterocycles. The number of likely N-dealkylation sites (tertiary alicyclic amines) is 1. The fourth-order valence-electron chi connectivity index (χ4n) is 5.89. The molecule has 0 spiro atoms. The predicted octanol–water partition coefficient (Wildman–Crippen LogP) is 4.30. The SMILES string of the molecule is CCCCCN.CCCCCNC(=O)CCNC(=O)Cc1ccc(NC(=O)COCC(=O)NCCCC)cc1.CCCCCNC(=O)COCC(=O)Nc1ccc(CC(=O)N2CCC2=O)cc1. The molecule has 374 valence electrons. The minimum atomic E-state index is -0.367. The van der Waals surface area contributed by atoms with Crippen molar-refractivity contribution in [2.24, 2.45) is 5.73 Å². The fourth-order valence-corrected chi connectivity index (χ4v) is 5.89. The highest BCUT2D eigenvalue weighted by atomic mass is 16.5. The second-order valence-electron chi connectivity index (χ2n) is 15.9. The second-order valence-corrected chi connectivity index (χ2v) is 15.9. The molecule has 1 aliphatic rings. The standard InChI is InChI=1S/C24H38N4O5.C20H27N3O5.C5H13N/c1-3-5-7-14-25-21(29)12-15-27-22(30)16-19-8-10-20(11-9-19)28-24(32)18-33-17-23(31)26-13-6-4-2;1-2-3-4-10-21-17(24)13-28-14-18(25)22-16-7-5-15(6-8-16)12-20(27)23-11-9-19(23)26;1-2-3-4-5-6/h8-11H,3-7,12-18H2,1-2H3,(H,25,29)(H,26,31)(H,27,30)(H,28,32);5-8H,2-4,9-14H2,1H3,(H,21,24)(H,22,25);2-6H2,1H3. The van der Waals surface area contributed by atoms with Gasteiger partial charge in [-0.05, 0) is 67.6 Å². The molecule has 0 atom stereocenters. The van der Waals surface area contributed by atoms with Crippen molar-refractivity contribution in [2.45, 2.75) is 124 Å². The molecule has 18 nitrogen and oxygen atoms in total. The van der Waals surface area contributed by atoms with Crippen LogP contribution in [0, 0.1) is 0 Å². The van der Waals surface area contributed by atoms with Crippen molar-refractivity contribution >= 4 is 58.6 Å². The van der Waals surface area contributed by atoms with Gasteiger partial charge < -0.3 is 47.1 Å². The number of hydrogen-bond acceptors (Lipinski definition) is 11. The summed E-state index contributed by atoms with van der Waals surface area (Å²) in [5.41, 5.74) is 7.90. The van der Waals surface area contributed by atoms with Crippen LogP contribution in [0.15, 0.2) is 48.5 Å². The Balaban J connectivity index is 0.000000602. The molecule has 3 rings (SSSR count). The summed E-state index contributed by atoms with van der Waals surface area (Å²) in [6, 6.07) is 13.7. The molecule has 67 heavy (non-hydrogen) atoms. The van der Waals surface area contributed by atoms with Crippen molar-refractivity contribution in [1.29, 1.82) is 0 Å². The lowest BCUT2D eigenvalue weighted by Gasteiger charge is -2.28. The van der Waals surface area contributed by atoms with Crippen LogP contribution in [-0.4, -0.2) is 118 Å². The number of β-lactam (4-membered cyclic amide) rings is 1. The molecule has 18 heteroatoms. The smallest absolute Gasteiger partial charge is 0.250 e. The molecule has 0 unspecified atom stereocenters. The van der Waals surface area contributed by atoms with Crippen molar-refractivity contribution in [3.05, 3.63) is 59.7 Å². The predicted molar refractivity (Wildman–Crippen MR) is 260 cm³/mol. The van der Waals surface area contributed by atoms with Gasteiger partial charge in [0, 0.05) is 56.9 Å². The van der Waals surface area contributed by atoms with Crippen LogP contribution in [0.25, 0.3) is 0 Å². The maximum atomic E-state index is 12.1. The molecule has 0 radical (unpaired) electrons. The lowest BCUT2D eigenvalue weighted by Crippen LogP contribution is -2.48. The number of carbonyl (C=O) groups excluding carboxylic acids is 8. The third-order valence-electron chi connectivity index (χ3n) is 9.82. The second kappa shape index (κ2) is 38.4. The first-order valence-electron chi connectivity index (χ1n) is 23.9. The molecule has 8 amide bonds. The first-order valence-corrected chi connectivity index (χ1v) is 23.9. The van der Waals surface area contributed by atoms with E-state index in [9.17, 15) is 38.4 Å². The topological polar surface area (TPSA) is 256 Å². The highest BCUT2D eigenvalue weighted by molar-refractivity contribution is 6.00. The number of benzene rings is 2. The summed E-state index contributed by atoms with van der Waals surface area (Å²) in [5, 5.41) is 16.4. The number of nitrogens with one attached hydrogen (secondary N) is 6. The number of anilines is 2. The van der Waals surface area contributed by atoms with Gasteiger partial charge in [-0.25, -0.2) is 0 Å². The van der Waals surface area contributed by atoms with Gasteiger partial charge in [0.15, 0.2) is 0 Å². The van der Waals surface area contributed by atoms with Crippen LogP contribution in [0.2, 0.25) is 0 Å². The van der Waals surface area contributed by atoms with Gasteiger partial charge in [0.25, 0.3) is 0 Å². The van der Waals surface area contributed by atoms with Crippen LogP contribution >= 0.6 is 0 Å². The number of ether oxygens (including phenoxy) is 2. The zero-order chi connectivity index (χ0) is 49.5. The van der Waals surface area contributed by atoms with Crippen LogP contribution in [0.5, 0.6) is 0 Å². The maximum absolute atomic E-state index is 12.1. The number of rotatable bonds is 31. The van der Waals surface area contributed by atoms with Crippen molar-refractivity contribution in [2.75, 3.05) is 76.3 Å². The van der Waals surface area contributed by atoms with Crippen molar-refractivity contribution < 1.29 is 47.8 Å². The summed E-state index contributed by atoms with van der Waals surface area (Å²) in [4.78, 5) is 95.0. The molecule has 2 aromatic rings. The van der Waals surface area contributed by atoms with Gasteiger partial charge in [-0.3, -0.25) is 43.3 Å². The number of imide groups is 1. The highest BCUT2D eigenvalue weighted by Gasteiger charge is 2.29. The monoisotopic (exact) mass is 939 g/mol. The largest absolute Gasteiger partial charge is 0.362 e. The van der Waals surface area contributed by atoms with Gasteiger partial charge in [-0.15, -0.1) is 0 Å². The van der Waals surface area contributed by atoms with E-state index in [2.05, 4.69) is 52.7 Å². The van der Waals surface area contributed by atoms with E-state index in [0.29, 0.717) is 50.5 Å². The Morgan fingerprint density at radius 2 is 0.925 bits per heavy atom. The van der Waals surface area contributed by atoms with E-state index in [1.165, 1.54) is 24.2 Å².